The van der Waals surface area contributed by atoms with Gasteiger partial charge in [-0.1, -0.05) is 31.2 Å². The van der Waals surface area contributed by atoms with Crippen molar-refractivity contribution in [3.05, 3.63) is 66.1 Å². The number of fused-ring (bicyclic) bond motifs is 1. The number of imidazole rings is 2. The second-order valence-corrected chi connectivity index (χ2v) is 18.4. The van der Waals surface area contributed by atoms with Crippen LogP contribution in [-0.4, -0.2) is 59.1 Å². The van der Waals surface area contributed by atoms with E-state index in [0.717, 1.165) is 25.4 Å². The molecule has 0 saturated heterocycles. The van der Waals surface area contributed by atoms with Crippen molar-refractivity contribution in [3.8, 4) is 39.8 Å². The number of nitrogens with two attached hydrogens (primary N) is 1. The molecule has 1 aromatic carbocycles. The molecule has 0 atom stereocenters. The first-order chi connectivity index (χ1) is 20.3. The Labute approximate surface area is 252 Å². The number of rotatable bonds is 10. The molecule has 4 aromatic heterocycles. The van der Waals surface area contributed by atoms with Crippen LogP contribution in [-0.2, 0) is 21.5 Å². The third-order valence-corrected chi connectivity index (χ3v) is 9.59. The van der Waals surface area contributed by atoms with Gasteiger partial charge in [-0.15, -0.1) is 0 Å². The summed E-state index contributed by atoms with van der Waals surface area (Å²) in [6.45, 7) is 7.78. The van der Waals surface area contributed by atoms with E-state index in [2.05, 4.69) is 39.6 Å². The molecule has 0 aliphatic heterocycles. The van der Waals surface area contributed by atoms with Crippen LogP contribution in [0, 0.1) is 11.6 Å². The van der Waals surface area contributed by atoms with Gasteiger partial charge < -0.3 is 18.4 Å². The van der Waals surface area contributed by atoms with Crippen LogP contribution < -0.4 is 9.88 Å². The summed E-state index contributed by atoms with van der Waals surface area (Å²) >= 11 is 6.40. The van der Waals surface area contributed by atoms with Gasteiger partial charge in [0.15, 0.2) is 16.5 Å². The van der Waals surface area contributed by atoms with Gasteiger partial charge in [0.1, 0.15) is 24.6 Å². The second-order valence-electron chi connectivity index (χ2n) is 10.9. The van der Waals surface area contributed by atoms with Crippen molar-refractivity contribution in [3.63, 3.8) is 0 Å². The molecule has 0 aliphatic rings. The van der Waals surface area contributed by atoms with Crippen LogP contribution in [0.25, 0.3) is 39.4 Å². The van der Waals surface area contributed by atoms with Crippen molar-refractivity contribution in [1.29, 1.82) is 0 Å². The smallest absolute Gasteiger partial charge is 0.244 e. The number of hydrogen-bond donors (Lipinski definition) is 1. The highest BCUT2D eigenvalue weighted by Crippen LogP contribution is 2.41. The number of pyridine rings is 1. The van der Waals surface area contributed by atoms with Crippen molar-refractivity contribution in [2.45, 2.75) is 37.3 Å². The molecule has 0 spiro atoms. The van der Waals surface area contributed by atoms with Crippen LogP contribution in [0.3, 0.4) is 0 Å². The molecule has 0 fully saturated rings. The highest BCUT2D eigenvalue weighted by atomic mass is 35.5. The van der Waals surface area contributed by atoms with Crippen LogP contribution in [0.5, 0.6) is 5.88 Å². The quantitative estimate of drug-likeness (QED) is 0.161. The molecular weight excluding hydrogens is 620 g/mol. The molecule has 16 heteroatoms. The number of ether oxygens (including phenoxy) is 2. The van der Waals surface area contributed by atoms with Gasteiger partial charge in [0.25, 0.3) is 0 Å². The standard InChI is InChI=1S/C27H28ClF2N7O4SSi/c1-40-27-25(42(31,38)39)21(18(29)11-34-27)16-5-6-17(28)22(23(16)30)19-13-37-14-35-24(20(37)12-33-19)26-32-7-8-36(26)15-41-9-10-43(2,3)4/h5-8,11-14H,9-10,15H2,1-4H3,(H2,31,38,39). The van der Waals surface area contributed by atoms with Gasteiger partial charge in [-0.25, -0.2) is 37.3 Å². The number of aromatic nitrogens is 6. The zero-order valence-corrected chi connectivity index (χ0v) is 26.2. The number of benzene rings is 1. The highest BCUT2D eigenvalue weighted by molar-refractivity contribution is 7.89. The minimum Gasteiger partial charge on any atom is -0.480 e. The van der Waals surface area contributed by atoms with E-state index in [1.165, 1.54) is 24.8 Å². The van der Waals surface area contributed by atoms with Crippen LogP contribution in [0.4, 0.5) is 8.78 Å². The van der Waals surface area contributed by atoms with Gasteiger partial charge in [0.2, 0.25) is 15.9 Å². The summed E-state index contributed by atoms with van der Waals surface area (Å²) in [5, 5.41) is 5.29. The predicted octanol–water partition coefficient (Wildman–Crippen LogP) is 5.22. The molecule has 5 rings (SSSR count). The normalized spacial score (nSPS) is 12.3. The number of halogens is 3. The summed E-state index contributed by atoms with van der Waals surface area (Å²) in [6.07, 6.45) is 8.66. The van der Waals surface area contributed by atoms with E-state index in [4.69, 9.17) is 26.2 Å². The Bertz CT molecular complexity index is 1940. The fourth-order valence-electron chi connectivity index (χ4n) is 4.46. The maximum absolute atomic E-state index is 16.2. The lowest BCUT2D eigenvalue weighted by atomic mass is 10.0. The van der Waals surface area contributed by atoms with E-state index in [1.807, 2.05) is 4.57 Å². The van der Waals surface area contributed by atoms with Crippen LogP contribution in [0.1, 0.15) is 0 Å². The summed E-state index contributed by atoms with van der Waals surface area (Å²) in [7, 11) is -4.69. The first-order valence-corrected chi connectivity index (χ1v) is 18.6. The van der Waals surface area contributed by atoms with Gasteiger partial charge in [-0.2, -0.15) is 0 Å². The summed E-state index contributed by atoms with van der Waals surface area (Å²) in [4.78, 5) is 16.2. The minimum absolute atomic E-state index is 0.0435. The van der Waals surface area contributed by atoms with Gasteiger partial charge >= 0.3 is 0 Å². The lowest BCUT2D eigenvalue weighted by molar-refractivity contribution is 0.0882. The van der Waals surface area contributed by atoms with E-state index in [1.54, 1.807) is 16.8 Å². The maximum Gasteiger partial charge on any atom is 0.244 e. The number of sulfonamides is 1. The Morgan fingerprint density at radius 2 is 1.84 bits per heavy atom. The van der Waals surface area contributed by atoms with E-state index >= 15 is 8.78 Å². The molecule has 43 heavy (non-hydrogen) atoms. The molecule has 0 saturated carbocycles. The molecule has 4 heterocycles. The van der Waals surface area contributed by atoms with E-state index < -0.39 is 51.6 Å². The Morgan fingerprint density at radius 3 is 2.53 bits per heavy atom. The van der Waals surface area contributed by atoms with Gasteiger partial charge in [-0.3, -0.25) is 4.98 Å². The van der Waals surface area contributed by atoms with Crippen molar-refractivity contribution in [2.75, 3.05) is 13.7 Å². The van der Waals surface area contributed by atoms with Crippen LogP contribution in [0.15, 0.2) is 54.3 Å². The lowest BCUT2D eigenvalue weighted by Gasteiger charge is -2.16. The first kappa shape index (κ1) is 30.7. The molecule has 5 aromatic rings. The van der Waals surface area contributed by atoms with Crippen molar-refractivity contribution >= 4 is 35.2 Å². The van der Waals surface area contributed by atoms with E-state index in [0.29, 0.717) is 30.4 Å². The van der Waals surface area contributed by atoms with Crippen LogP contribution >= 0.6 is 11.6 Å². The predicted molar refractivity (Wildman–Crippen MR) is 160 cm³/mol. The molecule has 2 N–H and O–H groups in total. The third-order valence-electron chi connectivity index (χ3n) is 6.62. The Balaban J connectivity index is 1.55. The minimum atomic E-state index is -4.59. The van der Waals surface area contributed by atoms with Gasteiger partial charge in [0.05, 0.1) is 41.3 Å². The molecule has 11 nitrogen and oxygen atoms in total. The lowest BCUT2D eigenvalue weighted by Crippen LogP contribution is -2.22. The molecule has 0 bridgehead atoms. The molecular formula is C27H28ClF2N7O4SSi. The van der Waals surface area contributed by atoms with Crippen LogP contribution in [0.2, 0.25) is 30.7 Å². The molecule has 0 radical (unpaired) electrons. The zero-order chi connectivity index (χ0) is 31.1. The third kappa shape index (κ3) is 6.17. The second kappa shape index (κ2) is 11.7. The summed E-state index contributed by atoms with van der Waals surface area (Å²) in [5.41, 5.74) is -0.0726. The number of nitrogens with zero attached hydrogens (tertiary/aromatic N) is 6. The molecule has 0 amide bonds. The van der Waals surface area contributed by atoms with Gasteiger partial charge in [-0.05, 0) is 18.2 Å². The monoisotopic (exact) mass is 647 g/mol. The van der Waals surface area contributed by atoms with Crippen molar-refractivity contribution in [1.82, 2.24) is 28.9 Å². The van der Waals surface area contributed by atoms with Crippen molar-refractivity contribution < 1.29 is 26.7 Å². The van der Waals surface area contributed by atoms with E-state index in [-0.39, 0.29) is 16.3 Å². The molecule has 0 unspecified atom stereocenters. The number of methoxy groups -OCH3 is 1. The zero-order valence-electron chi connectivity index (χ0n) is 23.7. The Morgan fingerprint density at radius 1 is 1.07 bits per heavy atom. The molecule has 0 aliphatic carbocycles. The van der Waals surface area contributed by atoms with Gasteiger partial charge in [0, 0.05) is 44.4 Å². The largest absolute Gasteiger partial charge is 0.480 e. The summed E-state index contributed by atoms with van der Waals surface area (Å²) in [5.74, 6) is -2.07. The SMILES string of the molecule is COc1ncc(F)c(-c2ccc(Cl)c(-c3cn4cnc(-c5nccn5COCC[Si](C)(C)C)c4cn3)c2F)c1S(N)(=O)=O. The van der Waals surface area contributed by atoms with Crippen molar-refractivity contribution in [2.24, 2.45) is 5.14 Å². The Hall–Kier alpha value is -3.76. The Kier molecular flexibility index (Phi) is 8.37. The fraction of sp³-hybridized carbons (Fsp3) is 0.259. The van der Waals surface area contributed by atoms with E-state index in [9.17, 15) is 8.42 Å². The average Bonchev–Trinajstić information content (AvgIpc) is 3.56. The maximum atomic E-state index is 16.2. The number of primary sulfonamides is 1. The fourth-order valence-corrected chi connectivity index (χ4v) is 6.34. The summed E-state index contributed by atoms with van der Waals surface area (Å²) < 4.78 is 70.3. The summed E-state index contributed by atoms with van der Waals surface area (Å²) in [6, 6.07) is 3.48. The molecule has 226 valence electrons. The topological polar surface area (TPSA) is 140 Å². The highest BCUT2D eigenvalue weighted by Gasteiger charge is 2.29. The average molecular weight is 648 g/mol. The first-order valence-electron chi connectivity index (χ1n) is 13.0. The number of hydrogen-bond acceptors (Lipinski definition) is 8.